The van der Waals surface area contributed by atoms with Crippen molar-refractivity contribution in [3.8, 4) is 17.1 Å². The summed E-state index contributed by atoms with van der Waals surface area (Å²) < 4.78 is 12.0. The van der Waals surface area contributed by atoms with Gasteiger partial charge in [0.05, 0.1) is 17.3 Å². The van der Waals surface area contributed by atoms with Crippen LogP contribution in [0.3, 0.4) is 0 Å². The van der Waals surface area contributed by atoms with Crippen LogP contribution in [0.4, 0.5) is 11.4 Å². The lowest BCUT2D eigenvalue weighted by atomic mass is 10.0. The predicted octanol–water partition coefficient (Wildman–Crippen LogP) is 6.54. The Morgan fingerprint density at radius 2 is 1.77 bits per heavy atom. The molecule has 0 radical (unpaired) electrons. The number of carbonyl (C=O) groups excluding carboxylic acids is 1. The molecule has 44 heavy (non-hydrogen) atoms. The van der Waals surface area contributed by atoms with Crippen molar-refractivity contribution in [1.29, 1.82) is 0 Å². The highest BCUT2D eigenvalue weighted by molar-refractivity contribution is 7.80. The number of furan rings is 1. The third kappa shape index (κ3) is 6.02. The monoisotopic (exact) mass is 604 g/mol. The summed E-state index contributed by atoms with van der Waals surface area (Å²) in [5, 5.41) is 16.1. The molecule has 1 saturated heterocycles. The second kappa shape index (κ2) is 12.4. The van der Waals surface area contributed by atoms with Crippen LogP contribution >= 0.6 is 12.2 Å². The molecule has 0 aliphatic carbocycles. The number of pyridine rings is 1. The largest absolute Gasteiger partial charge is 0.484 e. The van der Waals surface area contributed by atoms with E-state index >= 15 is 0 Å². The van der Waals surface area contributed by atoms with Gasteiger partial charge in [-0.1, -0.05) is 30.3 Å². The molecule has 2 atom stereocenters. The summed E-state index contributed by atoms with van der Waals surface area (Å²) in [7, 11) is 0. The minimum atomic E-state index is -0.981. The van der Waals surface area contributed by atoms with Crippen molar-refractivity contribution in [2.75, 3.05) is 16.8 Å². The second-order valence-electron chi connectivity index (χ2n) is 10.2. The van der Waals surface area contributed by atoms with E-state index in [2.05, 4.69) is 15.6 Å². The van der Waals surface area contributed by atoms with Crippen LogP contribution in [-0.4, -0.2) is 33.7 Å². The number of hydrogen-bond acceptors (Lipinski definition) is 6. The van der Waals surface area contributed by atoms with E-state index in [0.717, 1.165) is 22.5 Å². The Morgan fingerprint density at radius 1 is 1.00 bits per heavy atom. The molecule has 220 valence electrons. The number of aromatic carboxylic acids is 1. The Bertz CT molecular complexity index is 1810. The number of nitrogens with zero attached hydrogens (tertiary/aromatic N) is 2. The summed E-state index contributed by atoms with van der Waals surface area (Å²) in [5.41, 5.74) is 4.01. The van der Waals surface area contributed by atoms with Crippen molar-refractivity contribution < 1.29 is 23.8 Å². The number of rotatable bonds is 9. The fraction of sp³-hybridized carbons (Fsp3) is 0.118. The molecule has 0 unspecified atom stereocenters. The number of aromatic nitrogens is 1. The number of benzene rings is 3. The normalized spacial score (nSPS) is 15.9. The number of thiocarbonyl (C=S) groups is 1. The van der Waals surface area contributed by atoms with Crippen molar-refractivity contribution in [3.63, 3.8) is 0 Å². The highest BCUT2D eigenvalue weighted by Crippen LogP contribution is 2.43. The van der Waals surface area contributed by atoms with Crippen LogP contribution in [0, 0.1) is 6.92 Å². The standard InChI is InChI=1S/C34H28N4O5S/c1-21-19-22(33(40)41)10-15-26(21)28-16-17-29(43-28)32-31(27-9-5-6-18-35-27)37-34(44)38(32)24-13-11-23(12-14-24)36-30(39)20-42-25-7-3-2-4-8-25/h2-19,31-32H,20H2,1H3,(H,36,39)(H,37,44)(H,40,41)/t31-,32-/m0/s1. The number of hydrogen-bond donors (Lipinski definition) is 3. The number of carbonyl (C=O) groups is 2. The maximum Gasteiger partial charge on any atom is 0.335 e. The average Bonchev–Trinajstić information content (AvgIpc) is 3.66. The molecular formula is C34H28N4O5S. The zero-order valence-corrected chi connectivity index (χ0v) is 24.5. The van der Waals surface area contributed by atoms with Gasteiger partial charge in [-0.2, -0.15) is 0 Å². The second-order valence-corrected chi connectivity index (χ2v) is 10.6. The Balaban J connectivity index is 1.26. The molecule has 1 aliphatic heterocycles. The fourth-order valence-electron chi connectivity index (χ4n) is 5.22. The molecule has 1 fully saturated rings. The Morgan fingerprint density at radius 3 is 2.48 bits per heavy atom. The summed E-state index contributed by atoms with van der Waals surface area (Å²) in [6.45, 7) is 1.74. The zero-order valence-electron chi connectivity index (χ0n) is 23.6. The molecule has 0 spiro atoms. The lowest BCUT2D eigenvalue weighted by molar-refractivity contribution is -0.118. The summed E-state index contributed by atoms with van der Waals surface area (Å²) in [5.74, 6) is 0.631. The van der Waals surface area contributed by atoms with Crippen LogP contribution in [0.1, 0.15) is 39.5 Å². The number of anilines is 2. The van der Waals surface area contributed by atoms with Gasteiger partial charge in [0.25, 0.3) is 5.91 Å². The van der Waals surface area contributed by atoms with Gasteiger partial charge in [-0.25, -0.2) is 4.79 Å². The molecule has 1 amide bonds. The topological polar surface area (TPSA) is 117 Å². The lowest BCUT2D eigenvalue weighted by Crippen LogP contribution is -2.29. The fourth-order valence-corrected chi connectivity index (χ4v) is 5.57. The highest BCUT2D eigenvalue weighted by Gasteiger charge is 2.42. The van der Waals surface area contributed by atoms with Gasteiger partial charge in [0.15, 0.2) is 11.7 Å². The van der Waals surface area contributed by atoms with Crippen LogP contribution in [0.15, 0.2) is 114 Å². The van der Waals surface area contributed by atoms with E-state index in [9.17, 15) is 14.7 Å². The first-order valence-electron chi connectivity index (χ1n) is 13.9. The molecule has 10 heteroatoms. The number of nitrogens with one attached hydrogen (secondary N) is 2. The van der Waals surface area contributed by atoms with Crippen LogP contribution in [0.2, 0.25) is 0 Å². The number of para-hydroxylation sites is 1. The zero-order chi connectivity index (χ0) is 30.6. The van der Waals surface area contributed by atoms with Gasteiger partial charge < -0.3 is 29.8 Å². The third-order valence-electron chi connectivity index (χ3n) is 7.30. The van der Waals surface area contributed by atoms with E-state index < -0.39 is 5.97 Å². The van der Waals surface area contributed by atoms with Gasteiger partial charge in [0.1, 0.15) is 23.3 Å². The van der Waals surface area contributed by atoms with Crippen LogP contribution in [-0.2, 0) is 4.79 Å². The van der Waals surface area contributed by atoms with Crippen molar-refractivity contribution >= 4 is 40.6 Å². The Hall–Kier alpha value is -5.48. The van der Waals surface area contributed by atoms with Crippen molar-refractivity contribution in [3.05, 3.63) is 132 Å². The molecule has 3 heterocycles. The molecule has 1 aliphatic rings. The first-order valence-corrected chi connectivity index (χ1v) is 14.3. The minimum absolute atomic E-state index is 0.112. The van der Waals surface area contributed by atoms with Gasteiger partial charge in [0.2, 0.25) is 0 Å². The molecule has 6 rings (SSSR count). The molecule has 0 bridgehead atoms. The Kier molecular flexibility index (Phi) is 8.07. The van der Waals surface area contributed by atoms with Crippen molar-refractivity contribution in [2.24, 2.45) is 0 Å². The molecule has 5 aromatic rings. The first-order chi connectivity index (χ1) is 21.4. The van der Waals surface area contributed by atoms with Crippen molar-refractivity contribution in [1.82, 2.24) is 10.3 Å². The number of aryl methyl sites for hydroxylation is 1. The third-order valence-corrected chi connectivity index (χ3v) is 7.61. The van der Waals surface area contributed by atoms with E-state index in [1.165, 1.54) is 0 Å². The Labute approximate surface area is 259 Å². The van der Waals surface area contributed by atoms with Gasteiger partial charge in [-0.3, -0.25) is 9.78 Å². The van der Waals surface area contributed by atoms with Crippen LogP contribution in [0.5, 0.6) is 5.75 Å². The quantitative estimate of drug-likeness (QED) is 0.161. The van der Waals surface area contributed by atoms with Gasteiger partial charge in [-0.05, 0) is 97.5 Å². The van der Waals surface area contributed by atoms with Crippen LogP contribution in [0.25, 0.3) is 11.3 Å². The lowest BCUT2D eigenvalue weighted by Gasteiger charge is -2.26. The van der Waals surface area contributed by atoms with E-state index in [4.69, 9.17) is 21.4 Å². The van der Waals surface area contributed by atoms with E-state index in [0.29, 0.717) is 28.1 Å². The van der Waals surface area contributed by atoms with Crippen molar-refractivity contribution in [2.45, 2.75) is 19.0 Å². The van der Waals surface area contributed by atoms with E-state index in [1.807, 2.05) is 84.6 Å². The predicted molar refractivity (Wildman–Crippen MR) is 171 cm³/mol. The summed E-state index contributed by atoms with van der Waals surface area (Å²) in [4.78, 5) is 30.5. The summed E-state index contributed by atoms with van der Waals surface area (Å²) in [6.07, 6.45) is 1.74. The number of ether oxygens (including phenoxy) is 1. The molecule has 2 aromatic heterocycles. The highest BCUT2D eigenvalue weighted by atomic mass is 32.1. The SMILES string of the molecule is Cc1cc(C(=O)O)ccc1-c1ccc([C@H]2[C@H](c3ccccn3)NC(=S)N2c2ccc(NC(=O)COc3ccccc3)cc2)o1. The molecule has 9 nitrogen and oxygen atoms in total. The number of amides is 1. The number of carboxylic acids is 1. The van der Waals surface area contributed by atoms with Crippen LogP contribution < -0.4 is 20.3 Å². The van der Waals surface area contributed by atoms with E-state index in [1.54, 1.807) is 36.5 Å². The average molecular weight is 605 g/mol. The first kappa shape index (κ1) is 28.6. The molecule has 3 N–H and O–H groups in total. The summed E-state index contributed by atoms with van der Waals surface area (Å²) >= 11 is 5.82. The molecule has 3 aromatic carbocycles. The van der Waals surface area contributed by atoms with Gasteiger partial charge >= 0.3 is 5.97 Å². The molecule has 0 saturated carbocycles. The van der Waals surface area contributed by atoms with Gasteiger partial charge in [0, 0.05) is 23.1 Å². The smallest absolute Gasteiger partial charge is 0.335 e. The maximum absolute atomic E-state index is 12.5. The molecular weight excluding hydrogens is 576 g/mol. The summed E-state index contributed by atoms with van der Waals surface area (Å²) in [6, 6.07) is 30.3. The number of carboxylic acid groups (broad SMARTS) is 1. The van der Waals surface area contributed by atoms with Gasteiger partial charge in [-0.15, -0.1) is 0 Å². The minimum Gasteiger partial charge on any atom is -0.484 e. The maximum atomic E-state index is 12.5. The van der Waals surface area contributed by atoms with E-state index in [-0.39, 0.29) is 30.2 Å².